The molecular formula is C9H14N4OS. The Bertz CT molecular complexity index is 361. The molecule has 1 heterocycles. The predicted molar refractivity (Wildman–Crippen MR) is 60.8 cm³/mol. The zero-order chi connectivity index (χ0) is 10.8. The van der Waals surface area contributed by atoms with Crippen molar-refractivity contribution in [1.82, 2.24) is 10.3 Å². The van der Waals surface area contributed by atoms with Crippen molar-refractivity contribution in [1.29, 1.82) is 0 Å². The highest BCUT2D eigenvalue weighted by Gasteiger charge is 2.25. The number of rotatable bonds is 4. The summed E-state index contributed by atoms with van der Waals surface area (Å²) in [5.41, 5.74) is 5.54. The lowest BCUT2D eigenvalue weighted by Gasteiger charge is -2.12. The van der Waals surface area contributed by atoms with Gasteiger partial charge in [0.1, 0.15) is 11.0 Å². The number of amides is 1. The van der Waals surface area contributed by atoms with E-state index in [4.69, 9.17) is 5.73 Å². The molecule has 15 heavy (non-hydrogen) atoms. The molecule has 1 atom stereocenters. The van der Waals surface area contributed by atoms with Crippen LogP contribution >= 0.6 is 11.3 Å². The summed E-state index contributed by atoms with van der Waals surface area (Å²) in [6.07, 6.45) is 3.78. The van der Waals surface area contributed by atoms with E-state index >= 15 is 0 Å². The van der Waals surface area contributed by atoms with Crippen molar-refractivity contribution < 1.29 is 4.79 Å². The first kappa shape index (κ1) is 10.2. The zero-order valence-electron chi connectivity index (χ0n) is 8.49. The molecule has 1 aromatic heterocycles. The summed E-state index contributed by atoms with van der Waals surface area (Å²) in [6.45, 7) is 1.81. The van der Waals surface area contributed by atoms with E-state index < -0.39 is 0 Å². The Balaban J connectivity index is 1.84. The third-order valence-corrected chi connectivity index (χ3v) is 2.94. The quantitative estimate of drug-likeness (QED) is 0.709. The van der Waals surface area contributed by atoms with Gasteiger partial charge in [0.25, 0.3) is 0 Å². The molecule has 1 aliphatic rings. The van der Waals surface area contributed by atoms with E-state index in [1.807, 2.05) is 6.92 Å². The second kappa shape index (κ2) is 4.06. The molecule has 0 saturated heterocycles. The van der Waals surface area contributed by atoms with Crippen LogP contribution < -0.4 is 16.4 Å². The molecule has 0 spiro atoms. The van der Waals surface area contributed by atoms with Gasteiger partial charge in [0.05, 0.1) is 6.20 Å². The Hall–Kier alpha value is -1.30. The van der Waals surface area contributed by atoms with Crippen molar-refractivity contribution in [2.45, 2.75) is 31.8 Å². The number of anilines is 2. The van der Waals surface area contributed by atoms with Crippen LogP contribution in [0.4, 0.5) is 10.1 Å². The molecule has 0 aromatic carbocycles. The SMILES string of the molecule is CC(Nc1ncc(N)s1)C(=O)NC1CC1. The molecule has 1 fully saturated rings. The Morgan fingerprint density at radius 3 is 3.00 bits per heavy atom. The smallest absolute Gasteiger partial charge is 0.242 e. The topological polar surface area (TPSA) is 80.0 Å². The van der Waals surface area contributed by atoms with Crippen molar-refractivity contribution in [2.24, 2.45) is 0 Å². The van der Waals surface area contributed by atoms with Crippen molar-refractivity contribution in [3.63, 3.8) is 0 Å². The van der Waals surface area contributed by atoms with Crippen LogP contribution in [0.3, 0.4) is 0 Å². The van der Waals surface area contributed by atoms with Gasteiger partial charge >= 0.3 is 0 Å². The average molecular weight is 226 g/mol. The lowest BCUT2D eigenvalue weighted by molar-refractivity contribution is -0.121. The van der Waals surface area contributed by atoms with Crippen LogP contribution in [0.5, 0.6) is 0 Å². The maximum atomic E-state index is 11.6. The first-order chi connectivity index (χ1) is 7.15. The highest BCUT2D eigenvalue weighted by Crippen LogP contribution is 2.21. The third kappa shape index (κ3) is 2.82. The highest BCUT2D eigenvalue weighted by atomic mass is 32.1. The second-order valence-corrected chi connectivity index (χ2v) is 4.78. The van der Waals surface area contributed by atoms with E-state index in [0.717, 1.165) is 12.8 Å². The summed E-state index contributed by atoms with van der Waals surface area (Å²) < 4.78 is 0. The van der Waals surface area contributed by atoms with Crippen molar-refractivity contribution >= 4 is 27.4 Å². The average Bonchev–Trinajstić information content (AvgIpc) is 2.90. The Labute approximate surface area is 92.1 Å². The standard InChI is InChI=1S/C9H14N4OS/c1-5(8(14)13-6-2-3-6)12-9-11-4-7(10)15-9/h4-6H,2-3,10H2,1H3,(H,11,12)(H,13,14). The van der Waals surface area contributed by atoms with Gasteiger partial charge in [-0.25, -0.2) is 4.98 Å². The van der Waals surface area contributed by atoms with Crippen molar-refractivity contribution in [3.8, 4) is 0 Å². The van der Waals surface area contributed by atoms with Crippen LogP contribution in [0, 0.1) is 0 Å². The van der Waals surface area contributed by atoms with E-state index in [1.54, 1.807) is 6.20 Å². The number of aromatic nitrogens is 1. The molecule has 0 bridgehead atoms. The molecule has 0 radical (unpaired) electrons. The first-order valence-electron chi connectivity index (χ1n) is 4.93. The van der Waals surface area contributed by atoms with Gasteiger partial charge in [0.15, 0.2) is 5.13 Å². The minimum absolute atomic E-state index is 0.0197. The van der Waals surface area contributed by atoms with Gasteiger partial charge in [-0.2, -0.15) is 0 Å². The summed E-state index contributed by atoms with van der Waals surface area (Å²) >= 11 is 1.34. The minimum Gasteiger partial charge on any atom is -0.389 e. The summed E-state index contributed by atoms with van der Waals surface area (Å²) in [7, 11) is 0. The number of carbonyl (C=O) groups excluding carboxylic acids is 1. The normalized spacial score (nSPS) is 17.1. The Morgan fingerprint density at radius 2 is 2.47 bits per heavy atom. The molecular weight excluding hydrogens is 212 g/mol. The molecule has 2 rings (SSSR count). The molecule has 4 N–H and O–H groups in total. The van der Waals surface area contributed by atoms with Gasteiger partial charge in [-0.15, -0.1) is 0 Å². The van der Waals surface area contributed by atoms with Crippen LogP contribution in [0.15, 0.2) is 6.20 Å². The van der Waals surface area contributed by atoms with Gasteiger partial charge in [0.2, 0.25) is 5.91 Å². The van der Waals surface area contributed by atoms with Crippen LogP contribution in [-0.2, 0) is 4.79 Å². The summed E-state index contributed by atoms with van der Waals surface area (Å²) in [5, 5.41) is 7.27. The maximum Gasteiger partial charge on any atom is 0.242 e. The van der Waals surface area contributed by atoms with Crippen LogP contribution in [0.1, 0.15) is 19.8 Å². The van der Waals surface area contributed by atoms with Gasteiger partial charge in [0, 0.05) is 6.04 Å². The fourth-order valence-corrected chi connectivity index (χ4v) is 1.83. The van der Waals surface area contributed by atoms with E-state index in [0.29, 0.717) is 16.2 Å². The summed E-state index contributed by atoms with van der Waals surface area (Å²) in [4.78, 5) is 15.6. The number of hydrogen-bond acceptors (Lipinski definition) is 5. The molecule has 1 saturated carbocycles. The number of hydrogen-bond donors (Lipinski definition) is 3. The van der Waals surface area contributed by atoms with E-state index in [9.17, 15) is 4.79 Å². The second-order valence-electron chi connectivity index (χ2n) is 3.72. The lowest BCUT2D eigenvalue weighted by atomic mass is 10.3. The fourth-order valence-electron chi connectivity index (χ4n) is 1.16. The monoisotopic (exact) mass is 226 g/mol. The number of nitrogens with zero attached hydrogens (tertiary/aromatic N) is 1. The molecule has 1 unspecified atom stereocenters. The molecule has 0 aliphatic heterocycles. The lowest BCUT2D eigenvalue weighted by Crippen LogP contribution is -2.38. The van der Waals surface area contributed by atoms with Gasteiger partial charge < -0.3 is 16.4 Å². The molecule has 5 nitrogen and oxygen atoms in total. The maximum absolute atomic E-state index is 11.6. The van der Waals surface area contributed by atoms with Crippen molar-refractivity contribution in [3.05, 3.63) is 6.20 Å². The zero-order valence-corrected chi connectivity index (χ0v) is 9.30. The van der Waals surface area contributed by atoms with Crippen LogP contribution in [-0.4, -0.2) is 23.0 Å². The van der Waals surface area contributed by atoms with Gasteiger partial charge in [-0.1, -0.05) is 11.3 Å². The minimum atomic E-state index is -0.267. The molecule has 6 heteroatoms. The van der Waals surface area contributed by atoms with E-state index in [-0.39, 0.29) is 11.9 Å². The summed E-state index contributed by atoms with van der Waals surface area (Å²) in [6, 6.07) is 0.124. The van der Waals surface area contributed by atoms with Gasteiger partial charge in [-0.3, -0.25) is 4.79 Å². The number of nitrogen functional groups attached to an aromatic ring is 1. The molecule has 1 amide bonds. The van der Waals surface area contributed by atoms with Crippen molar-refractivity contribution in [2.75, 3.05) is 11.1 Å². The summed E-state index contributed by atoms with van der Waals surface area (Å²) in [5.74, 6) is 0.0197. The number of thiazole rings is 1. The van der Waals surface area contributed by atoms with E-state index in [1.165, 1.54) is 11.3 Å². The molecule has 1 aliphatic carbocycles. The number of nitrogens with two attached hydrogens (primary N) is 1. The third-order valence-electron chi connectivity index (χ3n) is 2.18. The van der Waals surface area contributed by atoms with E-state index in [2.05, 4.69) is 15.6 Å². The van der Waals surface area contributed by atoms with Crippen LogP contribution in [0.25, 0.3) is 0 Å². The van der Waals surface area contributed by atoms with Gasteiger partial charge in [-0.05, 0) is 19.8 Å². The molecule has 1 aromatic rings. The number of carbonyl (C=O) groups is 1. The Morgan fingerprint density at radius 1 is 1.73 bits per heavy atom. The largest absolute Gasteiger partial charge is 0.389 e. The fraction of sp³-hybridized carbons (Fsp3) is 0.556. The first-order valence-corrected chi connectivity index (χ1v) is 5.75. The van der Waals surface area contributed by atoms with Crippen LogP contribution in [0.2, 0.25) is 0 Å². The molecule has 82 valence electrons. The highest BCUT2D eigenvalue weighted by molar-refractivity contribution is 7.19. The predicted octanol–water partition coefficient (Wildman–Crippen LogP) is 0.804. The Kier molecular flexibility index (Phi) is 2.77. The number of nitrogens with one attached hydrogen (secondary N) is 2.